The maximum Gasteiger partial charge on any atom is 0.257 e. The Balaban J connectivity index is 1.85. The number of hydrogen-bond acceptors (Lipinski definition) is 2. The molecule has 1 aromatic heterocycles. The molecule has 7 heteroatoms. The number of anilines is 1. The standard InChI is InChI=1S/C19H13Cl2FN2O2/c20-14-5-6-16(21)17(9-14)23-19(26)13-4-7-18(25)24(11-13)10-12-2-1-3-15(22)8-12/h1-9,11H,10H2,(H,23,26). The Labute approximate surface area is 158 Å². The van der Waals surface area contributed by atoms with Crippen molar-refractivity contribution >= 4 is 34.8 Å². The molecule has 0 unspecified atom stereocenters. The third-order valence-corrected chi connectivity index (χ3v) is 4.23. The second-order valence-electron chi connectivity index (χ2n) is 5.59. The van der Waals surface area contributed by atoms with Crippen LogP contribution in [0.4, 0.5) is 10.1 Å². The minimum atomic E-state index is -0.442. The number of nitrogens with zero attached hydrogens (tertiary/aromatic N) is 1. The molecule has 1 heterocycles. The number of benzene rings is 2. The summed E-state index contributed by atoms with van der Waals surface area (Å²) in [4.78, 5) is 24.5. The number of pyridine rings is 1. The van der Waals surface area contributed by atoms with Crippen LogP contribution in [0.15, 0.2) is 65.6 Å². The highest BCUT2D eigenvalue weighted by Crippen LogP contribution is 2.25. The molecule has 1 amide bonds. The highest BCUT2D eigenvalue weighted by Gasteiger charge is 2.11. The minimum Gasteiger partial charge on any atom is -0.321 e. The SMILES string of the molecule is O=C(Nc1cc(Cl)ccc1Cl)c1ccc(=O)n(Cc2cccc(F)c2)c1. The van der Waals surface area contributed by atoms with Crippen molar-refractivity contribution in [3.63, 3.8) is 0 Å². The molecule has 4 nitrogen and oxygen atoms in total. The molecular weight excluding hydrogens is 378 g/mol. The highest BCUT2D eigenvalue weighted by molar-refractivity contribution is 6.35. The van der Waals surface area contributed by atoms with E-state index in [0.717, 1.165) is 0 Å². The molecule has 0 fully saturated rings. The number of halogens is 3. The molecule has 26 heavy (non-hydrogen) atoms. The summed E-state index contributed by atoms with van der Waals surface area (Å²) in [6, 6.07) is 13.3. The van der Waals surface area contributed by atoms with E-state index < -0.39 is 5.91 Å². The Kier molecular flexibility index (Phi) is 5.40. The molecule has 0 spiro atoms. The summed E-state index contributed by atoms with van der Waals surface area (Å²) >= 11 is 12.0. The number of carbonyl (C=O) groups is 1. The van der Waals surface area contributed by atoms with Gasteiger partial charge in [0.1, 0.15) is 5.82 Å². The summed E-state index contributed by atoms with van der Waals surface area (Å²) in [6.45, 7) is 0.148. The summed E-state index contributed by atoms with van der Waals surface area (Å²) < 4.78 is 14.7. The van der Waals surface area contributed by atoms with Gasteiger partial charge in [-0.05, 0) is 42.0 Å². The molecule has 3 rings (SSSR count). The van der Waals surface area contributed by atoms with Gasteiger partial charge in [-0.15, -0.1) is 0 Å². The van der Waals surface area contributed by atoms with Crippen molar-refractivity contribution < 1.29 is 9.18 Å². The van der Waals surface area contributed by atoms with Gasteiger partial charge >= 0.3 is 0 Å². The third kappa shape index (κ3) is 4.31. The molecule has 0 aliphatic carbocycles. The van der Waals surface area contributed by atoms with E-state index in [2.05, 4.69) is 5.32 Å². The van der Waals surface area contributed by atoms with E-state index in [0.29, 0.717) is 21.3 Å². The predicted molar refractivity (Wildman–Crippen MR) is 101 cm³/mol. The van der Waals surface area contributed by atoms with E-state index in [9.17, 15) is 14.0 Å². The first kappa shape index (κ1) is 18.2. The summed E-state index contributed by atoms with van der Waals surface area (Å²) in [5.41, 5.74) is 0.943. The molecule has 2 aromatic carbocycles. The lowest BCUT2D eigenvalue weighted by Crippen LogP contribution is -2.22. The van der Waals surface area contributed by atoms with E-state index >= 15 is 0 Å². The Morgan fingerprint density at radius 1 is 1.08 bits per heavy atom. The van der Waals surface area contributed by atoms with Gasteiger partial charge in [-0.2, -0.15) is 0 Å². The number of carbonyl (C=O) groups excluding carboxylic acids is 1. The van der Waals surface area contributed by atoms with Crippen molar-refractivity contribution in [3.05, 3.63) is 98.1 Å². The molecule has 0 bridgehead atoms. The fourth-order valence-electron chi connectivity index (χ4n) is 2.41. The van der Waals surface area contributed by atoms with Crippen LogP contribution in [-0.4, -0.2) is 10.5 Å². The first-order valence-corrected chi connectivity index (χ1v) is 8.39. The molecule has 0 aliphatic heterocycles. The van der Waals surface area contributed by atoms with Crippen LogP contribution in [0.3, 0.4) is 0 Å². The zero-order valence-electron chi connectivity index (χ0n) is 13.4. The Morgan fingerprint density at radius 3 is 2.65 bits per heavy atom. The normalized spacial score (nSPS) is 10.6. The number of aromatic nitrogens is 1. The van der Waals surface area contributed by atoms with Crippen molar-refractivity contribution in [1.29, 1.82) is 0 Å². The van der Waals surface area contributed by atoms with Gasteiger partial charge in [0.2, 0.25) is 0 Å². The van der Waals surface area contributed by atoms with E-state index in [4.69, 9.17) is 23.2 Å². The van der Waals surface area contributed by atoms with Crippen molar-refractivity contribution in [1.82, 2.24) is 4.57 Å². The van der Waals surface area contributed by atoms with Crippen molar-refractivity contribution in [3.8, 4) is 0 Å². The van der Waals surface area contributed by atoms with E-state index in [-0.39, 0.29) is 23.5 Å². The predicted octanol–water partition coefficient (Wildman–Crippen LogP) is 4.59. The number of nitrogens with one attached hydrogen (secondary N) is 1. The Bertz CT molecular complexity index is 1030. The van der Waals surface area contributed by atoms with Gasteiger partial charge in [-0.25, -0.2) is 4.39 Å². The topological polar surface area (TPSA) is 51.1 Å². The molecule has 132 valence electrons. The molecule has 0 radical (unpaired) electrons. The van der Waals surface area contributed by atoms with Crippen LogP contribution in [0.25, 0.3) is 0 Å². The smallest absolute Gasteiger partial charge is 0.257 e. The second kappa shape index (κ2) is 7.72. The molecule has 0 saturated heterocycles. The molecule has 0 aliphatic rings. The third-order valence-electron chi connectivity index (χ3n) is 3.66. The maximum absolute atomic E-state index is 13.3. The van der Waals surface area contributed by atoms with E-state index in [1.54, 1.807) is 24.3 Å². The molecule has 0 atom stereocenters. The summed E-state index contributed by atoms with van der Waals surface area (Å²) in [5, 5.41) is 3.43. The molecule has 1 N–H and O–H groups in total. The lowest BCUT2D eigenvalue weighted by molar-refractivity contribution is 0.102. The summed E-state index contributed by atoms with van der Waals surface area (Å²) in [5.74, 6) is -0.831. The lowest BCUT2D eigenvalue weighted by Gasteiger charge is -2.10. The number of amides is 1. The van der Waals surface area contributed by atoms with Crippen LogP contribution in [0.2, 0.25) is 10.0 Å². The highest BCUT2D eigenvalue weighted by atomic mass is 35.5. The second-order valence-corrected chi connectivity index (χ2v) is 6.44. The van der Waals surface area contributed by atoms with E-state index in [1.807, 2.05) is 0 Å². The Morgan fingerprint density at radius 2 is 1.88 bits per heavy atom. The maximum atomic E-state index is 13.3. The van der Waals surface area contributed by atoms with E-state index in [1.165, 1.54) is 41.1 Å². The van der Waals surface area contributed by atoms with Gasteiger partial charge < -0.3 is 9.88 Å². The molecule has 3 aromatic rings. The van der Waals surface area contributed by atoms with Gasteiger partial charge in [0, 0.05) is 17.3 Å². The lowest BCUT2D eigenvalue weighted by atomic mass is 10.2. The van der Waals surface area contributed by atoms with Gasteiger partial charge in [0.15, 0.2) is 0 Å². The fourth-order valence-corrected chi connectivity index (χ4v) is 2.75. The average Bonchev–Trinajstić information content (AvgIpc) is 2.60. The van der Waals surface area contributed by atoms with Crippen LogP contribution < -0.4 is 10.9 Å². The summed E-state index contributed by atoms with van der Waals surface area (Å²) in [6.07, 6.45) is 1.42. The first-order valence-electron chi connectivity index (χ1n) is 7.64. The fraction of sp³-hybridized carbons (Fsp3) is 0.0526. The van der Waals surface area contributed by atoms with Crippen molar-refractivity contribution in [2.45, 2.75) is 6.54 Å². The zero-order valence-corrected chi connectivity index (χ0v) is 14.9. The first-order chi connectivity index (χ1) is 12.4. The van der Waals surface area contributed by atoms with Gasteiger partial charge in [-0.1, -0.05) is 35.3 Å². The van der Waals surface area contributed by atoms with Crippen molar-refractivity contribution in [2.75, 3.05) is 5.32 Å². The minimum absolute atomic E-state index is 0.148. The molecule has 0 saturated carbocycles. The van der Waals surface area contributed by atoms with Crippen LogP contribution in [0, 0.1) is 5.82 Å². The molecular formula is C19H13Cl2FN2O2. The number of rotatable bonds is 4. The van der Waals surface area contributed by atoms with Crippen LogP contribution >= 0.6 is 23.2 Å². The van der Waals surface area contributed by atoms with Crippen LogP contribution in [0.1, 0.15) is 15.9 Å². The van der Waals surface area contributed by atoms with Gasteiger partial charge in [-0.3, -0.25) is 9.59 Å². The van der Waals surface area contributed by atoms with Gasteiger partial charge in [0.25, 0.3) is 11.5 Å². The number of hydrogen-bond donors (Lipinski definition) is 1. The average molecular weight is 391 g/mol. The Hall–Kier alpha value is -2.63. The van der Waals surface area contributed by atoms with Crippen molar-refractivity contribution in [2.24, 2.45) is 0 Å². The monoisotopic (exact) mass is 390 g/mol. The van der Waals surface area contributed by atoms with Crippen LogP contribution in [-0.2, 0) is 6.54 Å². The zero-order chi connectivity index (χ0) is 18.7. The quantitative estimate of drug-likeness (QED) is 0.707. The summed E-state index contributed by atoms with van der Waals surface area (Å²) in [7, 11) is 0. The van der Waals surface area contributed by atoms with Crippen LogP contribution in [0.5, 0.6) is 0 Å². The van der Waals surface area contributed by atoms with Gasteiger partial charge in [0.05, 0.1) is 22.8 Å². The largest absolute Gasteiger partial charge is 0.321 e.